The number of sulfone groups is 1. The molecule has 2 rings (SSSR count). The van der Waals surface area contributed by atoms with Crippen molar-refractivity contribution in [3.8, 4) is 11.3 Å². The van der Waals surface area contributed by atoms with Crippen LogP contribution in [0, 0.1) is 12.7 Å². The summed E-state index contributed by atoms with van der Waals surface area (Å²) in [6.07, 6.45) is 1.99. The van der Waals surface area contributed by atoms with E-state index in [-0.39, 0.29) is 16.5 Å². The maximum absolute atomic E-state index is 13.6. The Labute approximate surface area is 118 Å². The molecule has 0 spiro atoms. The number of aromatic nitrogens is 1. The van der Waals surface area contributed by atoms with E-state index in [0.717, 1.165) is 0 Å². The first-order valence-electron chi connectivity index (χ1n) is 6.39. The topological polar surface area (TPSA) is 47.0 Å². The molecule has 0 atom stereocenters. The van der Waals surface area contributed by atoms with Crippen LogP contribution in [-0.4, -0.2) is 19.2 Å². The van der Waals surface area contributed by atoms with Crippen LogP contribution in [0.3, 0.4) is 0 Å². The Morgan fingerprint density at radius 2 is 1.95 bits per heavy atom. The van der Waals surface area contributed by atoms with Crippen molar-refractivity contribution in [1.29, 1.82) is 0 Å². The summed E-state index contributed by atoms with van der Waals surface area (Å²) in [5, 5.41) is 0. The molecular weight excluding hydrogens is 277 g/mol. The summed E-state index contributed by atoms with van der Waals surface area (Å²) in [6, 6.07) is 7.72. The predicted octanol–water partition coefficient (Wildman–Crippen LogP) is 3.38. The molecule has 106 valence electrons. The molecule has 1 aromatic heterocycles. The molecule has 1 aromatic carbocycles. The highest BCUT2D eigenvalue weighted by Crippen LogP contribution is 2.22. The summed E-state index contributed by atoms with van der Waals surface area (Å²) < 4.78 is 37.6. The van der Waals surface area contributed by atoms with Crippen LogP contribution in [0.15, 0.2) is 41.4 Å². The van der Waals surface area contributed by atoms with Crippen molar-refractivity contribution in [2.75, 3.05) is 5.75 Å². The number of aryl methyl sites for hydroxylation is 1. The molecule has 20 heavy (non-hydrogen) atoms. The van der Waals surface area contributed by atoms with E-state index in [2.05, 4.69) is 4.98 Å². The van der Waals surface area contributed by atoms with Crippen LogP contribution in [0.5, 0.6) is 0 Å². The normalized spacial score (nSPS) is 11.6. The first-order chi connectivity index (χ1) is 9.44. The highest BCUT2D eigenvalue weighted by atomic mass is 32.2. The van der Waals surface area contributed by atoms with Gasteiger partial charge >= 0.3 is 0 Å². The van der Waals surface area contributed by atoms with Gasteiger partial charge in [-0.3, -0.25) is 4.98 Å². The summed E-state index contributed by atoms with van der Waals surface area (Å²) in [5.41, 5.74) is 1.58. The van der Waals surface area contributed by atoms with Gasteiger partial charge in [0.25, 0.3) is 0 Å². The highest BCUT2D eigenvalue weighted by Gasteiger charge is 2.14. The van der Waals surface area contributed by atoms with Gasteiger partial charge < -0.3 is 0 Å². The monoisotopic (exact) mass is 293 g/mol. The van der Waals surface area contributed by atoms with Crippen LogP contribution in [0.25, 0.3) is 11.3 Å². The Morgan fingerprint density at radius 3 is 2.60 bits per heavy atom. The van der Waals surface area contributed by atoms with E-state index in [9.17, 15) is 12.8 Å². The van der Waals surface area contributed by atoms with Gasteiger partial charge in [-0.25, -0.2) is 12.8 Å². The molecule has 2 aromatic rings. The van der Waals surface area contributed by atoms with Crippen molar-refractivity contribution in [1.82, 2.24) is 4.98 Å². The number of hydrogen-bond donors (Lipinski definition) is 0. The number of rotatable bonds is 4. The molecular formula is C15H16FNO2S. The first kappa shape index (κ1) is 14.7. The molecule has 1 heterocycles. The third-order valence-electron chi connectivity index (χ3n) is 3.03. The highest BCUT2D eigenvalue weighted by molar-refractivity contribution is 7.91. The van der Waals surface area contributed by atoms with Gasteiger partial charge in [0, 0.05) is 11.8 Å². The minimum absolute atomic E-state index is 0.0959. The van der Waals surface area contributed by atoms with Crippen molar-refractivity contribution < 1.29 is 12.8 Å². The van der Waals surface area contributed by atoms with Gasteiger partial charge in [0.15, 0.2) is 9.84 Å². The Kier molecular flexibility index (Phi) is 4.18. The zero-order valence-electron chi connectivity index (χ0n) is 11.4. The van der Waals surface area contributed by atoms with E-state index in [4.69, 9.17) is 0 Å². The second-order valence-electron chi connectivity index (χ2n) is 4.66. The minimum atomic E-state index is -3.29. The van der Waals surface area contributed by atoms with Gasteiger partial charge in [0.1, 0.15) is 5.82 Å². The van der Waals surface area contributed by atoms with E-state index in [1.165, 1.54) is 24.4 Å². The second kappa shape index (κ2) is 5.71. The van der Waals surface area contributed by atoms with Gasteiger partial charge in [-0.15, -0.1) is 0 Å². The number of hydrogen-bond acceptors (Lipinski definition) is 3. The molecule has 0 bridgehead atoms. The van der Waals surface area contributed by atoms with Crippen LogP contribution in [0.1, 0.15) is 18.9 Å². The lowest BCUT2D eigenvalue weighted by Gasteiger charge is -2.06. The molecule has 0 saturated carbocycles. The van der Waals surface area contributed by atoms with Gasteiger partial charge in [-0.2, -0.15) is 0 Å². The maximum Gasteiger partial charge on any atom is 0.178 e. The van der Waals surface area contributed by atoms with Crippen molar-refractivity contribution in [2.45, 2.75) is 25.2 Å². The maximum atomic E-state index is 13.6. The molecule has 0 saturated heterocycles. The van der Waals surface area contributed by atoms with Crippen molar-refractivity contribution in [2.24, 2.45) is 0 Å². The zero-order chi connectivity index (χ0) is 14.8. The van der Waals surface area contributed by atoms with Crippen molar-refractivity contribution >= 4 is 9.84 Å². The first-order valence-corrected chi connectivity index (χ1v) is 8.04. The molecule has 3 nitrogen and oxygen atoms in total. The average Bonchev–Trinajstić information content (AvgIpc) is 2.42. The number of halogens is 1. The second-order valence-corrected chi connectivity index (χ2v) is 6.77. The summed E-state index contributed by atoms with van der Waals surface area (Å²) in [4.78, 5) is 4.35. The number of benzene rings is 1. The zero-order valence-corrected chi connectivity index (χ0v) is 12.2. The van der Waals surface area contributed by atoms with E-state index in [1.807, 2.05) is 6.92 Å². The molecule has 0 radical (unpaired) electrons. The Bertz CT molecular complexity index is 726. The number of pyridine rings is 1. The Morgan fingerprint density at radius 1 is 1.20 bits per heavy atom. The van der Waals surface area contributed by atoms with Crippen LogP contribution >= 0.6 is 0 Å². The third kappa shape index (κ3) is 3.04. The Balaban J connectivity index is 2.47. The van der Waals surface area contributed by atoms with Crippen LogP contribution in [-0.2, 0) is 9.84 Å². The molecule has 0 unspecified atom stereocenters. The van der Waals surface area contributed by atoms with Gasteiger partial charge in [-0.1, -0.05) is 19.1 Å². The van der Waals surface area contributed by atoms with Gasteiger partial charge in [0.05, 0.1) is 16.3 Å². The molecule has 0 aliphatic heterocycles. The smallest absolute Gasteiger partial charge is 0.178 e. The van der Waals surface area contributed by atoms with E-state index in [1.54, 1.807) is 19.1 Å². The number of nitrogens with zero attached hydrogens (tertiary/aromatic N) is 1. The van der Waals surface area contributed by atoms with E-state index < -0.39 is 9.84 Å². The summed E-state index contributed by atoms with van der Waals surface area (Å²) >= 11 is 0. The molecule has 5 heteroatoms. The van der Waals surface area contributed by atoms with Crippen LogP contribution < -0.4 is 0 Å². The predicted molar refractivity (Wildman–Crippen MR) is 76.7 cm³/mol. The lowest BCUT2D eigenvalue weighted by Crippen LogP contribution is -2.06. The lowest BCUT2D eigenvalue weighted by molar-refractivity contribution is 0.594. The van der Waals surface area contributed by atoms with Gasteiger partial charge in [-0.05, 0) is 37.1 Å². The third-order valence-corrected chi connectivity index (χ3v) is 4.95. The molecule has 0 amide bonds. The van der Waals surface area contributed by atoms with Crippen LogP contribution in [0.2, 0.25) is 0 Å². The fraction of sp³-hybridized carbons (Fsp3) is 0.267. The molecule has 0 N–H and O–H groups in total. The van der Waals surface area contributed by atoms with Gasteiger partial charge in [0.2, 0.25) is 0 Å². The summed E-state index contributed by atoms with van der Waals surface area (Å²) in [5.74, 6) is -0.232. The SMILES string of the molecule is CCCS(=O)(=O)c1ccnc(-c2ccc(C)c(F)c2)c1. The van der Waals surface area contributed by atoms with Crippen molar-refractivity contribution in [3.63, 3.8) is 0 Å². The van der Waals surface area contributed by atoms with Crippen LogP contribution in [0.4, 0.5) is 4.39 Å². The van der Waals surface area contributed by atoms with Crippen molar-refractivity contribution in [3.05, 3.63) is 47.9 Å². The van der Waals surface area contributed by atoms with E-state index in [0.29, 0.717) is 23.2 Å². The molecule has 0 fully saturated rings. The Hall–Kier alpha value is -1.75. The standard InChI is InChI=1S/C15H16FNO2S/c1-3-8-20(18,19)13-6-7-17-15(10-13)12-5-4-11(2)14(16)9-12/h4-7,9-10H,3,8H2,1-2H3. The lowest BCUT2D eigenvalue weighted by atomic mass is 10.1. The largest absolute Gasteiger partial charge is 0.256 e. The summed E-state index contributed by atoms with van der Waals surface area (Å²) in [7, 11) is -3.29. The quantitative estimate of drug-likeness (QED) is 0.868. The molecule has 0 aliphatic rings. The summed E-state index contributed by atoms with van der Waals surface area (Å²) in [6.45, 7) is 3.49. The average molecular weight is 293 g/mol. The minimum Gasteiger partial charge on any atom is -0.256 e. The fourth-order valence-corrected chi connectivity index (χ4v) is 3.23. The fourth-order valence-electron chi connectivity index (χ4n) is 1.90. The van der Waals surface area contributed by atoms with E-state index >= 15 is 0 Å². The molecule has 0 aliphatic carbocycles.